The zero-order chi connectivity index (χ0) is 9.84. The van der Waals surface area contributed by atoms with Crippen molar-refractivity contribution in [3.05, 3.63) is 23.3 Å². The summed E-state index contributed by atoms with van der Waals surface area (Å²) in [4.78, 5) is 11.4. The average molecular weight is 180 g/mol. The van der Waals surface area contributed by atoms with Crippen molar-refractivity contribution in [3.8, 4) is 0 Å². The molecule has 13 heavy (non-hydrogen) atoms. The van der Waals surface area contributed by atoms with Crippen molar-refractivity contribution in [3.63, 3.8) is 0 Å². The second-order valence-corrected chi connectivity index (χ2v) is 3.31. The molecule has 1 rings (SSSR count). The number of ether oxygens (including phenoxy) is 1. The third-order valence-electron chi connectivity index (χ3n) is 2.25. The van der Waals surface area contributed by atoms with Crippen LogP contribution in [0.5, 0.6) is 0 Å². The first-order valence-corrected chi connectivity index (χ1v) is 4.71. The van der Waals surface area contributed by atoms with E-state index < -0.39 is 0 Å². The molecule has 0 amide bonds. The van der Waals surface area contributed by atoms with Gasteiger partial charge in [-0.05, 0) is 38.7 Å². The van der Waals surface area contributed by atoms with E-state index in [1.54, 1.807) is 0 Å². The molecule has 2 heteroatoms. The number of allylic oxidation sites excluding steroid dienone is 2. The van der Waals surface area contributed by atoms with Gasteiger partial charge in [-0.15, -0.1) is 0 Å². The molecule has 0 aromatic carbocycles. The summed E-state index contributed by atoms with van der Waals surface area (Å²) < 4.78 is 4.97. The molecule has 1 aliphatic carbocycles. The minimum atomic E-state index is -0.155. The van der Waals surface area contributed by atoms with Gasteiger partial charge in [-0.3, -0.25) is 0 Å². The van der Waals surface area contributed by atoms with Crippen molar-refractivity contribution < 1.29 is 9.53 Å². The minimum Gasteiger partial charge on any atom is -0.463 e. The molecule has 1 aliphatic rings. The second kappa shape index (κ2) is 4.26. The van der Waals surface area contributed by atoms with Gasteiger partial charge in [-0.1, -0.05) is 12.2 Å². The highest BCUT2D eigenvalue weighted by molar-refractivity contribution is 5.90. The van der Waals surface area contributed by atoms with Crippen LogP contribution in [0.3, 0.4) is 0 Å². The summed E-state index contributed by atoms with van der Waals surface area (Å²) in [7, 11) is 0. The summed E-state index contributed by atoms with van der Waals surface area (Å²) in [5.74, 6) is -0.155. The Morgan fingerprint density at radius 3 is 2.62 bits per heavy atom. The van der Waals surface area contributed by atoms with Crippen LogP contribution in [0.4, 0.5) is 0 Å². The smallest absolute Gasteiger partial charge is 0.334 e. The van der Waals surface area contributed by atoms with E-state index in [2.05, 4.69) is 6.58 Å². The van der Waals surface area contributed by atoms with Crippen molar-refractivity contribution in [2.45, 2.75) is 33.1 Å². The lowest BCUT2D eigenvalue weighted by Gasteiger charge is -2.05. The lowest BCUT2D eigenvalue weighted by atomic mass is 10.1. The SMILES string of the molecule is C=C(C)C1=C(C(=O)OCC)CCC1. The van der Waals surface area contributed by atoms with Gasteiger partial charge in [0.25, 0.3) is 0 Å². The molecule has 0 fully saturated rings. The predicted molar refractivity (Wildman–Crippen MR) is 52.3 cm³/mol. The largest absolute Gasteiger partial charge is 0.463 e. The number of hydrogen-bond donors (Lipinski definition) is 0. The fourth-order valence-corrected chi connectivity index (χ4v) is 1.66. The first kappa shape index (κ1) is 10.0. The lowest BCUT2D eigenvalue weighted by Crippen LogP contribution is -2.07. The molecular weight excluding hydrogens is 164 g/mol. The van der Waals surface area contributed by atoms with E-state index in [-0.39, 0.29) is 5.97 Å². The zero-order valence-electron chi connectivity index (χ0n) is 8.35. The van der Waals surface area contributed by atoms with Crippen LogP contribution in [0.15, 0.2) is 23.3 Å². The molecule has 0 aliphatic heterocycles. The summed E-state index contributed by atoms with van der Waals surface area (Å²) in [6, 6.07) is 0. The van der Waals surface area contributed by atoms with E-state index in [0.29, 0.717) is 6.61 Å². The van der Waals surface area contributed by atoms with Crippen molar-refractivity contribution >= 4 is 5.97 Å². The van der Waals surface area contributed by atoms with Crippen LogP contribution in [0, 0.1) is 0 Å². The Hall–Kier alpha value is -1.05. The standard InChI is InChI=1S/C11H16O2/c1-4-13-11(12)10-7-5-6-9(10)8(2)3/h2,4-7H2,1,3H3. The van der Waals surface area contributed by atoms with Gasteiger partial charge in [0.05, 0.1) is 6.61 Å². The molecule has 0 aromatic heterocycles. The maximum Gasteiger partial charge on any atom is 0.334 e. The van der Waals surface area contributed by atoms with Gasteiger partial charge in [0.2, 0.25) is 0 Å². The molecule has 0 saturated heterocycles. The molecule has 0 N–H and O–H groups in total. The molecule has 0 unspecified atom stereocenters. The number of carbonyl (C=O) groups is 1. The number of hydrogen-bond acceptors (Lipinski definition) is 2. The summed E-state index contributed by atoms with van der Waals surface area (Å²) >= 11 is 0. The molecule has 0 aromatic rings. The van der Waals surface area contributed by atoms with Crippen LogP contribution in [-0.2, 0) is 9.53 Å². The average Bonchev–Trinajstić information content (AvgIpc) is 2.52. The van der Waals surface area contributed by atoms with Crippen LogP contribution in [0.1, 0.15) is 33.1 Å². The monoisotopic (exact) mass is 180 g/mol. The quantitative estimate of drug-likeness (QED) is 0.624. The van der Waals surface area contributed by atoms with Gasteiger partial charge in [0.15, 0.2) is 0 Å². The van der Waals surface area contributed by atoms with Crippen molar-refractivity contribution in [1.82, 2.24) is 0 Å². The minimum absolute atomic E-state index is 0.155. The first-order valence-electron chi connectivity index (χ1n) is 4.71. The number of carbonyl (C=O) groups excluding carboxylic acids is 1. The van der Waals surface area contributed by atoms with E-state index in [9.17, 15) is 4.79 Å². The van der Waals surface area contributed by atoms with Gasteiger partial charge in [0, 0.05) is 5.57 Å². The normalized spacial score (nSPS) is 16.2. The highest BCUT2D eigenvalue weighted by Gasteiger charge is 2.21. The molecule has 0 heterocycles. The Morgan fingerprint density at radius 1 is 1.46 bits per heavy atom. The van der Waals surface area contributed by atoms with Crippen LogP contribution >= 0.6 is 0 Å². The topological polar surface area (TPSA) is 26.3 Å². The highest BCUT2D eigenvalue weighted by atomic mass is 16.5. The van der Waals surface area contributed by atoms with E-state index in [1.807, 2.05) is 13.8 Å². The Balaban J connectivity index is 2.81. The Kier molecular flexibility index (Phi) is 3.29. The Morgan fingerprint density at radius 2 is 2.08 bits per heavy atom. The Bertz CT molecular complexity index is 261. The van der Waals surface area contributed by atoms with Gasteiger partial charge in [0.1, 0.15) is 0 Å². The van der Waals surface area contributed by atoms with Crippen LogP contribution in [0.2, 0.25) is 0 Å². The van der Waals surface area contributed by atoms with Crippen LogP contribution < -0.4 is 0 Å². The third kappa shape index (κ3) is 2.20. The van der Waals surface area contributed by atoms with Gasteiger partial charge in [-0.25, -0.2) is 4.79 Å². The molecule has 2 nitrogen and oxygen atoms in total. The fourth-order valence-electron chi connectivity index (χ4n) is 1.66. The van der Waals surface area contributed by atoms with Gasteiger partial charge in [-0.2, -0.15) is 0 Å². The van der Waals surface area contributed by atoms with E-state index in [1.165, 1.54) is 0 Å². The summed E-state index contributed by atoms with van der Waals surface area (Å²) in [5.41, 5.74) is 2.95. The highest BCUT2D eigenvalue weighted by Crippen LogP contribution is 2.30. The van der Waals surface area contributed by atoms with Gasteiger partial charge >= 0.3 is 5.97 Å². The summed E-state index contributed by atoms with van der Waals surface area (Å²) in [6.45, 7) is 8.09. The maximum absolute atomic E-state index is 11.4. The fraction of sp³-hybridized carbons (Fsp3) is 0.545. The molecule has 0 atom stereocenters. The second-order valence-electron chi connectivity index (χ2n) is 3.31. The molecule has 0 radical (unpaired) electrons. The summed E-state index contributed by atoms with van der Waals surface area (Å²) in [5, 5.41) is 0. The summed E-state index contributed by atoms with van der Waals surface area (Å²) in [6.07, 6.45) is 2.88. The lowest BCUT2D eigenvalue weighted by molar-refractivity contribution is -0.138. The van der Waals surface area contributed by atoms with Crippen LogP contribution in [0.25, 0.3) is 0 Å². The van der Waals surface area contributed by atoms with Crippen molar-refractivity contribution in [2.24, 2.45) is 0 Å². The number of esters is 1. The van der Waals surface area contributed by atoms with Crippen molar-refractivity contribution in [1.29, 1.82) is 0 Å². The number of rotatable bonds is 3. The molecular formula is C11H16O2. The van der Waals surface area contributed by atoms with E-state index in [4.69, 9.17) is 4.74 Å². The van der Waals surface area contributed by atoms with Crippen LogP contribution in [-0.4, -0.2) is 12.6 Å². The Labute approximate surface area is 79.3 Å². The molecule has 72 valence electrons. The van der Waals surface area contributed by atoms with Crippen molar-refractivity contribution in [2.75, 3.05) is 6.61 Å². The first-order chi connectivity index (χ1) is 6.16. The maximum atomic E-state index is 11.4. The van der Waals surface area contributed by atoms with E-state index in [0.717, 1.165) is 36.0 Å². The molecule has 0 saturated carbocycles. The van der Waals surface area contributed by atoms with E-state index >= 15 is 0 Å². The third-order valence-corrected chi connectivity index (χ3v) is 2.25. The molecule has 0 bridgehead atoms. The predicted octanol–water partition coefficient (Wildman–Crippen LogP) is 2.61. The van der Waals surface area contributed by atoms with Gasteiger partial charge < -0.3 is 4.74 Å². The zero-order valence-corrected chi connectivity index (χ0v) is 8.35. The molecule has 0 spiro atoms.